The van der Waals surface area contributed by atoms with Crippen LogP contribution in [0.4, 0.5) is 0 Å². The van der Waals surface area contributed by atoms with Gasteiger partial charge in [0, 0.05) is 23.8 Å². The van der Waals surface area contributed by atoms with Crippen LogP contribution in [0.2, 0.25) is 0 Å². The minimum Gasteiger partial charge on any atom is -0.444 e. The summed E-state index contributed by atoms with van der Waals surface area (Å²) < 4.78 is 5.65. The fourth-order valence-electron chi connectivity index (χ4n) is 3.44. The summed E-state index contributed by atoms with van der Waals surface area (Å²) >= 11 is 0. The maximum atomic E-state index is 12.7. The Hall–Kier alpha value is -2.54. The minimum atomic E-state index is -0.689. The lowest BCUT2D eigenvalue weighted by Gasteiger charge is -2.38. The highest BCUT2D eigenvalue weighted by Crippen LogP contribution is 2.48. The van der Waals surface area contributed by atoms with E-state index in [0.29, 0.717) is 29.7 Å². The number of nitriles is 1. The first-order valence-electron chi connectivity index (χ1n) is 7.35. The summed E-state index contributed by atoms with van der Waals surface area (Å²) in [5.41, 5.74) is 7.26. The van der Waals surface area contributed by atoms with Crippen molar-refractivity contribution in [3.63, 3.8) is 0 Å². The molecule has 1 atom stereocenters. The lowest BCUT2D eigenvalue weighted by Crippen LogP contribution is -2.35. The van der Waals surface area contributed by atoms with Crippen LogP contribution >= 0.6 is 0 Å². The second kappa shape index (κ2) is 5.03. The molecule has 2 aliphatic rings. The van der Waals surface area contributed by atoms with Crippen molar-refractivity contribution in [2.24, 2.45) is 11.1 Å². The minimum absolute atomic E-state index is 0.0420. The maximum Gasteiger partial charge on any atom is 0.205 e. The van der Waals surface area contributed by atoms with E-state index in [1.165, 1.54) is 0 Å². The molecule has 3 rings (SSSR count). The van der Waals surface area contributed by atoms with Crippen molar-refractivity contribution in [2.45, 2.75) is 32.6 Å². The van der Waals surface area contributed by atoms with E-state index in [0.717, 1.165) is 5.56 Å². The molecule has 0 radical (unpaired) electrons. The van der Waals surface area contributed by atoms with Crippen LogP contribution in [0.5, 0.6) is 0 Å². The smallest absolute Gasteiger partial charge is 0.205 e. The van der Waals surface area contributed by atoms with Gasteiger partial charge < -0.3 is 10.5 Å². The molecule has 1 unspecified atom stereocenters. The number of hydrogen-bond acceptors (Lipinski definition) is 4. The molecule has 1 aliphatic carbocycles. The summed E-state index contributed by atoms with van der Waals surface area (Å²) in [6.07, 6.45) is 1.07. The third-order valence-corrected chi connectivity index (χ3v) is 4.53. The first-order valence-corrected chi connectivity index (χ1v) is 7.35. The highest BCUT2D eigenvalue weighted by Gasteiger charge is 2.44. The molecule has 2 N–H and O–H groups in total. The van der Waals surface area contributed by atoms with Gasteiger partial charge in [-0.05, 0) is 11.5 Å². The van der Waals surface area contributed by atoms with Crippen LogP contribution in [0.15, 0.2) is 53.1 Å². The summed E-state index contributed by atoms with van der Waals surface area (Å²) in [5, 5.41) is 9.30. The number of ether oxygens (including phenoxy) is 1. The average Bonchev–Trinajstić information content (AvgIpc) is 2.46. The third-order valence-electron chi connectivity index (χ3n) is 4.53. The summed E-state index contributed by atoms with van der Waals surface area (Å²) in [6.45, 7) is 3.72. The van der Waals surface area contributed by atoms with Crippen LogP contribution in [-0.2, 0) is 9.53 Å². The van der Waals surface area contributed by atoms with Crippen molar-refractivity contribution in [3.8, 4) is 6.07 Å². The molecule has 0 spiro atoms. The first-order chi connectivity index (χ1) is 10.4. The fourth-order valence-corrected chi connectivity index (χ4v) is 3.44. The van der Waals surface area contributed by atoms with E-state index in [1.807, 2.05) is 44.2 Å². The summed E-state index contributed by atoms with van der Waals surface area (Å²) in [5.74, 6) is 0.874. The molecule has 22 heavy (non-hydrogen) atoms. The number of allylic oxidation sites excluding steroid dienone is 3. The molecular weight excluding hydrogens is 276 g/mol. The van der Waals surface area contributed by atoms with Crippen molar-refractivity contribution in [3.05, 3.63) is 58.7 Å². The molecule has 0 fully saturated rings. The molecule has 0 bridgehead atoms. The first kappa shape index (κ1) is 14.4. The van der Waals surface area contributed by atoms with Gasteiger partial charge in [0.05, 0.1) is 5.57 Å². The zero-order valence-corrected chi connectivity index (χ0v) is 12.7. The van der Waals surface area contributed by atoms with Gasteiger partial charge in [0.15, 0.2) is 5.78 Å². The highest BCUT2D eigenvalue weighted by molar-refractivity contribution is 5.99. The highest BCUT2D eigenvalue weighted by atomic mass is 16.5. The lowest BCUT2D eigenvalue weighted by atomic mass is 9.69. The van der Waals surface area contributed by atoms with E-state index >= 15 is 0 Å². The maximum absolute atomic E-state index is 12.7. The number of nitrogens with zero attached hydrogens (tertiary/aromatic N) is 1. The summed E-state index contributed by atoms with van der Waals surface area (Å²) in [6, 6.07) is 12.0. The Labute approximate surface area is 129 Å². The van der Waals surface area contributed by atoms with Gasteiger partial charge in [-0.2, -0.15) is 5.26 Å². The Morgan fingerprint density at radius 1 is 1.27 bits per heavy atom. The zero-order valence-electron chi connectivity index (χ0n) is 12.7. The Morgan fingerprint density at radius 3 is 2.59 bits per heavy atom. The standard InChI is InChI=1S/C18H18N2O2/c1-18(2)13(10-19)17(20)22-15-9-12(8-14(21)16(15)18)11-6-4-3-5-7-11/h3-7,12H,8-9,20H2,1-2H3. The van der Waals surface area contributed by atoms with Gasteiger partial charge in [0.25, 0.3) is 0 Å². The normalized spacial score (nSPS) is 23.7. The van der Waals surface area contributed by atoms with Crippen LogP contribution < -0.4 is 5.73 Å². The number of nitrogens with two attached hydrogens (primary N) is 1. The van der Waals surface area contributed by atoms with E-state index in [4.69, 9.17) is 10.5 Å². The average molecular weight is 294 g/mol. The molecule has 1 aromatic rings. The molecule has 1 aromatic carbocycles. The Kier molecular flexibility index (Phi) is 3.29. The summed E-state index contributed by atoms with van der Waals surface area (Å²) in [4.78, 5) is 12.7. The van der Waals surface area contributed by atoms with Crippen LogP contribution in [0, 0.1) is 16.7 Å². The van der Waals surface area contributed by atoms with Crippen molar-refractivity contribution in [2.75, 3.05) is 0 Å². The monoisotopic (exact) mass is 294 g/mol. The molecule has 4 nitrogen and oxygen atoms in total. The number of rotatable bonds is 1. The van der Waals surface area contributed by atoms with Gasteiger partial charge in [-0.25, -0.2) is 0 Å². The van der Waals surface area contributed by atoms with Crippen molar-refractivity contribution in [1.82, 2.24) is 0 Å². The fraction of sp³-hybridized carbons (Fsp3) is 0.333. The van der Waals surface area contributed by atoms with Crippen LogP contribution in [0.1, 0.15) is 38.2 Å². The van der Waals surface area contributed by atoms with E-state index in [-0.39, 0.29) is 17.6 Å². The van der Waals surface area contributed by atoms with Crippen molar-refractivity contribution >= 4 is 5.78 Å². The molecule has 4 heteroatoms. The van der Waals surface area contributed by atoms with Gasteiger partial charge in [-0.1, -0.05) is 44.2 Å². The van der Waals surface area contributed by atoms with E-state index in [1.54, 1.807) is 0 Å². The van der Waals surface area contributed by atoms with Gasteiger partial charge in [-0.15, -0.1) is 0 Å². The Morgan fingerprint density at radius 2 is 1.95 bits per heavy atom. The summed E-state index contributed by atoms with van der Waals surface area (Å²) in [7, 11) is 0. The van der Waals surface area contributed by atoms with Gasteiger partial charge >= 0.3 is 0 Å². The molecule has 0 aromatic heterocycles. The molecule has 1 aliphatic heterocycles. The van der Waals surface area contributed by atoms with Gasteiger partial charge in [0.2, 0.25) is 5.88 Å². The number of hydrogen-bond donors (Lipinski definition) is 1. The van der Waals surface area contributed by atoms with Crippen molar-refractivity contribution in [1.29, 1.82) is 5.26 Å². The molecule has 0 saturated carbocycles. The Bertz CT molecular complexity index is 736. The molecule has 112 valence electrons. The van der Waals surface area contributed by atoms with Crippen molar-refractivity contribution < 1.29 is 9.53 Å². The largest absolute Gasteiger partial charge is 0.444 e. The quantitative estimate of drug-likeness (QED) is 0.863. The van der Waals surface area contributed by atoms with Gasteiger partial charge in [-0.3, -0.25) is 4.79 Å². The lowest BCUT2D eigenvalue weighted by molar-refractivity contribution is -0.117. The zero-order chi connectivity index (χ0) is 15.9. The van der Waals surface area contributed by atoms with E-state index in [9.17, 15) is 10.1 Å². The predicted molar refractivity (Wildman–Crippen MR) is 82.1 cm³/mol. The molecule has 0 amide bonds. The second-order valence-electron chi connectivity index (χ2n) is 6.32. The number of ketones is 1. The molecule has 1 heterocycles. The topological polar surface area (TPSA) is 76.1 Å². The van der Waals surface area contributed by atoms with Crippen LogP contribution in [0.3, 0.4) is 0 Å². The molecular formula is C18H18N2O2. The van der Waals surface area contributed by atoms with Crippen LogP contribution in [-0.4, -0.2) is 5.78 Å². The number of benzene rings is 1. The second-order valence-corrected chi connectivity index (χ2v) is 6.32. The Balaban J connectivity index is 2.01. The number of carbonyl (C=O) groups excluding carboxylic acids is 1. The van der Waals surface area contributed by atoms with E-state index < -0.39 is 5.41 Å². The van der Waals surface area contributed by atoms with E-state index in [2.05, 4.69) is 6.07 Å². The number of Topliss-reactive ketones (excluding diaryl/α,β-unsaturated/α-hetero) is 1. The van der Waals surface area contributed by atoms with Crippen LogP contribution in [0.25, 0.3) is 0 Å². The van der Waals surface area contributed by atoms with Gasteiger partial charge in [0.1, 0.15) is 11.8 Å². The molecule has 0 saturated heterocycles. The SMILES string of the molecule is CC1(C)C(C#N)=C(N)OC2=C1C(=O)CC(c1ccccc1)C2. The predicted octanol–water partition coefficient (Wildman–Crippen LogP) is 3.14. The third kappa shape index (κ3) is 2.10. The number of carbonyl (C=O) groups is 1.